The van der Waals surface area contributed by atoms with E-state index in [1.807, 2.05) is 0 Å². The number of rotatable bonds is 4. The fraction of sp³-hybridized carbons (Fsp3) is 0.0625. The maximum absolute atomic E-state index is 13.1. The molecular weight excluding hydrogens is 367 g/mol. The quantitative estimate of drug-likeness (QED) is 0.414. The Balaban J connectivity index is 1.73. The van der Waals surface area contributed by atoms with Crippen molar-refractivity contribution in [1.82, 2.24) is 9.66 Å². The summed E-state index contributed by atoms with van der Waals surface area (Å²) in [5.41, 5.74) is 0.481. The minimum absolute atomic E-state index is 0.0308. The summed E-state index contributed by atoms with van der Waals surface area (Å²) in [5, 5.41) is 3.12. The van der Waals surface area contributed by atoms with Gasteiger partial charge in [-0.1, -0.05) is 35.5 Å². The van der Waals surface area contributed by atoms with Crippen LogP contribution in [0.5, 0.6) is 0 Å². The first-order chi connectivity index (χ1) is 12.0. The molecular formula is C16H12ClFN4O2S. The highest BCUT2D eigenvalue weighted by molar-refractivity contribution is 7.99. The molecule has 0 aliphatic carbocycles. The number of anilines is 1. The lowest BCUT2D eigenvalue weighted by Crippen LogP contribution is -2.30. The predicted octanol–water partition coefficient (Wildman–Crippen LogP) is 2.63. The molecule has 3 rings (SSSR count). The van der Waals surface area contributed by atoms with E-state index in [4.69, 9.17) is 17.4 Å². The van der Waals surface area contributed by atoms with Crippen molar-refractivity contribution in [1.29, 1.82) is 0 Å². The minimum Gasteiger partial charge on any atom is -0.334 e. The van der Waals surface area contributed by atoms with E-state index in [-0.39, 0.29) is 27.4 Å². The molecule has 2 aromatic carbocycles. The third-order valence-corrected chi connectivity index (χ3v) is 4.55. The molecule has 3 N–H and O–H groups in total. The summed E-state index contributed by atoms with van der Waals surface area (Å²) in [4.78, 5) is 28.5. The number of nitrogens with zero attached hydrogens (tertiary/aromatic N) is 2. The van der Waals surface area contributed by atoms with E-state index in [2.05, 4.69) is 10.3 Å². The van der Waals surface area contributed by atoms with Crippen molar-refractivity contribution in [2.24, 2.45) is 0 Å². The van der Waals surface area contributed by atoms with Crippen molar-refractivity contribution in [3.63, 3.8) is 0 Å². The van der Waals surface area contributed by atoms with Crippen LogP contribution in [0.1, 0.15) is 0 Å². The molecule has 0 saturated carbocycles. The van der Waals surface area contributed by atoms with Crippen LogP contribution >= 0.6 is 23.4 Å². The lowest BCUT2D eigenvalue weighted by atomic mass is 10.2. The van der Waals surface area contributed by atoms with Gasteiger partial charge in [-0.25, -0.2) is 14.1 Å². The SMILES string of the molecule is Nn1c(SCC(=O)Nc2ccc(F)c(Cl)c2)nc2ccccc2c1=O. The molecule has 25 heavy (non-hydrogen) atoms. The molecule has 0 bridgehead atoms. The third kappa shape index (κ3) is 3.75. The number of amides is 1. The summed E-state index contributed by atoms with van der Waals surface area (Å²) in [7, 11) is 0. The Kier molecular flexibility index (Phi) is 4.91. The van der Waals surface area contributed by atoms with Gasteiger partial charge in [0, 0.05) is 5.69 Å². The number of halogens is 2. The zero-order valence-corrected chi connectivity index (χ0v) is 14.3. The second-order valence-electron chi connectivity index (χ2n) is 5.05. The summed E-state index contributed by atoms with van der Waals surface area (Å²) in [6.07, 6.45) is 0. The average Bonchev–Trinajstić information content (AvgIpc) is 2.60. The van der Waals surface area contributed by atoms with Gasteiger partial charge in [0.1, 0.15) is 5.82 Å². The Hall–Kier alpha value is -2.58. The normalized spacial score (nSPS) is 10.8. The fourth-order valence-corrected chi connectivity index (χ4v) is 3.03. The second kappa shape index (κ2) is 7.12. The Morgan fingerprint density at radius 3 is 2.84 bits per heavy atom. The molecule has 9 heteroatoms. The van der Waals surface area contributed by atoms with Crippen LogP contribution in [0, 0.1) is 5.82 Å². The van der Waals surface area contributed by atoms with Crippen molar-refractivity contribution in [2.75, 3.05) is 16.9 Å². The van der Waals surface area contributed by atoms with E-state index < -0.39 is 5.82 Å². The topological polar surface area (TPSA) is 90.0 Å². The largest absolute Gasteiger partial charge is 0.334 e. The zero-order valence-electron chi connectivity index (χ0n) is 12.7. The number of para-hydroxylation sites is 1. The number of thioether (sulfide) groups is 1. The lowest BCUT2D eigenvalue weighted by molar-refractivity contribution is -0.113. The van der Waals surface area contributed by atoms with E-state index in [1.54, 1.807) is 24.3 Å². The van der Waals surface area contributed by atoms with E-state index >= 15 is 0 Å². The van der Waals surface area contributed by atoms with Crippen molar-refractivity contribution in [2.45, 2.75) is 5.16 Å². The number of fused-ring (bicyclic) bond motifs is 1. The van der Waals surface area contributed by atoms with E-state index in [1.165, 1.54) is 12.1 Å². The smallest absolute Gasteiger partial charge is 0.280 e. The molecule has 0 atom stereocenters. The number of nitrogens with one attached hydrogen (secondary N) is 1. The van der Waals surface area contributed by atoms with Gasteiger partial charge in [0.25, 0.3) is 5.56 Å². The summed E-state index contributed by atoms with van der Waals surface area (Å²) in [5.74, 6) is 4.79. The number of nitrogens with two attached hydrogens (primary N) is 1. The van der Waals surface area contributed by atoms with Crippen LogP contribution in [0.15, 0.2) is 52.4 Å². The number of hydrogen-bond acceptors (Lipinski definition) is 5. The first-order valence-electron chi connectivity index (χ1n) is 7.10. The van der Waals surface area contributed by atoms with Crippen LogP contribution in [0.3, 0.4) is 0 Å². The average molecular weight is 379 g/mol. The Morgan fingerprint density at radius 1 is 1.32 bits per heavy atom. The first kappa shape index (κ1) is 17.2. The van der Waals surface area contributed by atoms with Gasteiger partial charge in [0.15, 0.2) is 5.16 Å². The van der Waals surface area contributed by atoms with Crippen LogP contribution in [0.25, 0.3) is 10.9 Å². The Morgan fingerprint density at radius 2 is 2.08 bits per heavy atom. The first-order valence-corrected chi connectivity index (χ1v) is 8.46. The zero-order chi connectivity index (χ0) is 18.0. The van der Waals surface area contributed by atoms with Crippen LogP contribution in [-0.4, -0.2) is 21.3 Å². The van der Waals surface area contributed by atoms with Gasteiger partial charge in [-0.15, -0.1) is 0 Å². The van der Waals surface area contributed by atoms with Gasteiger partial charge in [-0.3, -0.25) is 9.59 Å². The molecule has 1 heterocycles. The van der Waals surface area contributed by atoms with Gasteiger partial charge < -0.3 is 11.2 Å². The molecule has 0 unspecified atom stereocenters. The summed E-state index contributed by atoms with van der Waals surface area (Å²) >= 11 is 6.69. The van der Waals surface area contributed by atoms with E-state index in [0.29, 0.717) is 16.6 Å². The molecule has 128 valence electrons. The number of hydrogen-bond donors (Lipinski definition) is 2. The molecule has 3 aromatic rings. The van der Waals surface area contributed by atoms with Crippen LogP contribution in [-0.2, 0) is 4.79 Å². The number of carbonyl (C=O) groups is 1. The minimum atomic E-state index is -0.568. The molecule has 1 amide bonds. The van der Waals surface area contributed by atoms with Gasteiger partial charge in [-0.05, 0) is 30.3 Å². The maximum atomic E-state index is 13.1. The van der Waals surface area contributed by atoms with Crippen molar-refractivity contribution >= 4 is 45.9 Å². The van der Waals surface area contributed by atoms with Gasteiger partial charge in [0.05, 0.1) is 21.7 Å². The van der Waals surface area contributed by atoms with Gasteiger partial charge in [0.2, 0.25) is 5.91 Å². The summed E-state index contributed by atoms with van der Waals surface area (Å²) < 4.78 is 14.0. The van der Waals surface area contributed by atoms with Gasteiger partial charge in [-0.2, -0.15) is 0 Å². The highest BCUT2D eigenvalue weighted by Gasteiger charge is 2.12. The monoisotopic (exact) mass is 378 g/mol. The highest BCUT2D eigenvalue weighted by Crippen LogP contribution is 2.20. The fourth-order valence-electron chi connectivity index (χ4n) is 2.13. The van der Waals surface area contributed by atoms with Crippen LogP contribution in [0.2, 0.25) is 5.02 Å². The number of carbonyl (C=O) groups excluding carboxylic acids is 1. The maximum Gasteiger partial charge on any atom is 0.280 e. The highest BCUT2D eigenvalue weighted by atomic mass is 35.5. The molecule has 0 fully saturated rings. The number of aromatic nitrogens is 2. The molecule has 0 radical (unpaired) electrons. The summed E-state index contributed by atoms with van der Waals surface area (Å²) in [6, 6.07) is 10.7. The van der Waals surface area contributed by atoms with E-state index in [9.17, 15) is 14.0 Å². The second-order valence-corrected chi connectivity index (χ2v) is 6.40. The Labute approximate surface area is 150 Å². The van der Waals surface area contributed by atoms with E-state index in [0.717, 1.165) is 22.5 Å². The Bertz CT molecular complexity index is 1020. The predicted molar refractivity (Wildman–Crippen MR) is 96.9 cm³/mol. The van der Waals surface area contributed by atoms with Crippen molar-refractivity contribution in [3.8, 4) is 0 Å². The standard InChI is InChI=1S/C16H12ClFN4O2S/c17-11-7-9(5-6-12(11)18)20-14(23)8-25-16-21-13-4-2-1-3-10(13)15(24)22(16)19/h1-7H,8,19H2,(H,20,23). The molecule has 0 saturated heterocycles. The molecule has 1 aromatic heterocycles. The lowest BCUT2D eigenvalue weighted by Gasteiger charge is -2.09. The molecule has 6 nitrogen and oxygen atoms in total. The molecule has 0 aliphatic rings. The molecule has 0 aliphatic heterocycles. The molecule has 0 spiro atoms. The van der Waals surface area contributed by atoms with Crippen molar-refractivity contribution < 1.29 is 9.18 Å². The van der Waals surface area contributed by atoms with Crippen LogP contribution in [0.4, 0.5) is 10.1 Å². The summed E-state index contributed by atoms with van der Waals surface area (Å²) in [6.45, 7) is 0. The number of nitrogen functional groups attached to an aromatic ring is 1. The van der Waals surface area contributed by atoms with Gasteiger partial charge >= 0.3 is 0 Å². The third-order valence-electron chi connectivity index (χ3n) is 3.31. The van der Waals surface area contributed by atoms with Crippen LogP contribution < -0.4 is 16.7 Å². The van der Waals surface area contributed by atoms with Crippen molar-refractivity contribution in [3.05, 3.63) is 63.7 Å². The number of benzene rings is 2.